The number of rotatable bonds is 10. The first-order valence-electron chi connectivity index (χ1n) is 13.6. The van der Waals surface area contributed by atoms with E-state index in [0.29, 0.717) is 30.5 Å². The van der Waals surface area contributed by atoms with Gasteiger partial charge < -0.3 is 0 Å². The van der Waals surface area contributed by atoms with Gasteiger partial charge in [0.05, 0.1) is 5.56 Å². The molecule has 4 aromatic carbocycles. The minimum Gasteiger partial charge on any atom is -0.206 e. The van der Waals surface area contributed by atoms with E-state index in [1.54, 1.807) is 6.07 Å². The van der Waals surface area contributed by atoms with Gasteiger partial charge in [0.25, 0.3) is 0 Å². The molecule has 0 amide bonds. The fraction of sp³-hybridized carbons (Fsp3) is 0.235. The first kappa shape index (κ1) is 31.0. The summed E-state index contributed by atoms with van der Waals surface area (Å²) in [7, 11) is 0. The van der Waals surface area contributed by atoms with Crippen molar-refractivity contribution in [2.24, 2.45) is 0 Å². The summed E-state index contributed by atoms with van der Waals surface area (Å²) in [6.45, 7) is 2.16. The van der Waals surface area contributed by atoms with E-state index >= 15 is 13.2 Å². The molecule has 0 radical (unpaired) electrons. The summed E-state index contributed by atoms with van der Waals surface area (Å²) in [6.07, 6.45) is 0.813. The molecule has 0 atom stereocenters. The fourth-order valence-electron chi connectivity index (χ4n) is 4.76. The van der Waals surface area contributed by atoms with Crippen LogP contribution in [0.5, 0.6) is 0 Å². The van der Waals surface area contributed by atoms with E-state index < -0.39 is 52.0 Å². The molecule has 0 saturated heterocycles. The van der Waals surface area contributed by atoms with Gasteiger partial charge in [0.15, 0.2) is 0 Å². The summed E-state index contributed by atoms with van der Waals surface area (Å²) in [5.74, 6) is -5.99. The Balaban J connectivity index is 1.50. The van der Waals surface area contributed by atoms with E-state index in [1.165, 1.54) is 24.1 Å². The van der Waals surface area contributed by atoms with Gasteiger partial charge in [0.1, 0.15) is 29.1 Å². The summed E-state index contributed by atoms with van der Waals surface area (Å²) >= 11 is 0. The van der Waals surface area contributed by atoms with Crippen LogP contribution in [0, 0.1) is 29.1 Å². The molecule has 0 aliphatic heterocycles. The quantitative estimate of drug-likeness (QED) is 0.128. The maximum Gasteiger partial charge on any atom is 0.409 e. The van der Waals surface area contributed by atoms with Gasteiger partial charge in [-0.25, -0.2) is 22.0 Å². The van der Waals surface area contributed by atoms with E-state index in [0.717, 1.165) is 37.0 Å². The first-order valence-corrected chi connectivity index (χ1v) is 13.6. The third-order valence-electron chi connectivity index (χ3n) is 6.99. The molecule has 0 saturated carbocycles. The minimum atomic E-state index is -4.81. The van der Waals surface area contributed by atoms with Gasteiger partial charge in [-0.1, -0.05) is 56.2 Å². The topological polar surface area (TPSA) is 0 Å². The lowest BCUT2D eigenvalue weighted by atomic mass is 9.96. The SMILES string of the molecule is CCCCCc1ccc(CCc2ccc(-c3cc(F)c(-c4cc(F)c(/C=C/C(F)(F)F)c(F)c4)c(F)c3)c(F)c2)cc1. The largest absolute Gasteiger partial charge is 0.409 e. The molecule has 0 aromatic heterocycles. The van der Waals surface area contributed by atoms with Crippen molar-refractivity contribution in [3.63, 3.8) is 0 Å². The summed E-state index contributed by atoms with van der Waals surface area (Å²) < 4.78 is 111. The predicted octanol–water partition coefficient (Wildman–Crippen LogP) is 10.8. The zero-order valence-corrected chi connectivity index (χ0v) is 22.8. The van der Waals surface area contributed by atoms with Crippen LogP contribution in [0.25, 0.3) is 28.3 Å². The van der Waals surface area contributed by atoms with Crippen LogP contribution in [-0.2, 0) is 19.3 Å². The van der Waals surface area contributed by atoms with Gasteiger partial charge >= 0.3 is 6.18 Å². The summed E-state index contributed by atoms with van der Waals surface area (Å²) in [4.78, 5) is 0. The van der Waals surface area contributed by atoms with Crippen LogP contribution in [0.1, 0.15) is 48.4 Å². The van der Waals surface area contributed by atoms with Crippen molar-refractivity contribution in [1.82, 2.24) is 0 Å². The summed E-state index contributed by atoms with van der Waals surface area (Å²) in [6, 6.07) is 15.5. The number of unbranched alkanes of at least 4 members (excludes halogenated alkanes) is 2. The highest BCUT2D eigenvalue weighted by Gasteiger charge is 2.24. The molecule has 0 spiro atoms. The standard InChI is InChI=1S/C34H28F8/c1-2-3-4-5-21-6-8-22(9-7-21)10-11-23-12-13-26(28(35)16-23)24-17-31(38)33(32(39)18-24)25-19-29(36)27(30(37)20-25)14-15-34(40,41)42/h6-9,12-20H,2-5,10-11H2,1H3/b15-14+. The number of aryl methyl sites for hydroxylation is 3. The lowest BCUT2D eigenvalue weighted by molar-refractivity contribution is -0.0790. The average molecular weight is 589 g/mol. The van der Waals surface area contributed by atoms with Crippen LogP contribution in [0.3, 0.4) is 0 Å². The molecule has 0 aliphatic rings. The highest BCUT2D eigenvalue weighted by Crippen LogP contribution is 2.34. The molecule has 4 aromatic rings. The maximum atomic E-state index is 15.0. The van der Waals surface area contributed by atoms with Crippen molar-refractivity contribution < 1.29 is 35.1 Å². The highest BCUT2D eigenvalue weighted by molar-refractivity contribution is 5.73. The van der Waals surface area contributed by atoms with Crippen LogP contribution in [-0.4, -0.2) is 6.18 Å². The van der Waals surface area contributed by atoms with Gasteiger partial charge in [-0.2, -0.15) is 13.2 Å². The number of hydrogen-bond donors (Lipinski definition) is 0. The van der Waals surface area contributed by atoms with Crippen molar-refractivity contribution in [2.75, 3.05) is 0 Å². The Morgan fingerprint density at radius 2 is 1.10 bits per heavy atom. The van der Waals surface area contributed by atoms with Crippen LogP contribution < -0.4 is 0 Å². The number of alkyl halides is 3. The van der Waals surface area contributed by atoms with E-state index in [9.17, 15) is 22.0 Å². The van der Waals surface area contributed by atoms with E-state index in [1.807, 2.05) is 0 Å². The van der Waals surface area contributed by atoms with Gasteiger partial charge in [0.2, 0.25) is 0 Å². The Labute approximate surface area is 239 Å². The second-order valence-corrected chi connectivity index (χ2v) is 10.1. The monoisotopic (exact) mass is 588 g/mol. The third kappa shape index (κ3) is 7.87. The van der Waals surface area contributed by atoms with Crippen molar-refractivity contribution >= 4 is 6.08 Å². The predicted molar refractivity (Wildman–Crippen MR) is 149 cm³/mol. The van der Waals surface area contributed by atoms with Crippen molar-refractivity contribution in [1.29, 1.82) is 0 Å². The molecule has 0 bridgehead atoms. The molecule has 0 nitrogen and oxygen atoms in total. The minimum absolute atomic E-state index is 0.0653. The molecule has 8 heteroatoms. The van der Waals surface area contributed by atoms with Crippen molar-refractivity contribution in [2.45, 2.75) is 51.6 Å². The van der Waals surface area contributed by atoms with E-state index in [2.05, 4.69) is 31.2 Å². The molecule has 42 heavy (non-hydrogen) atoms. The zero-order valence-electron chi connectivity index (χ0n) is 22.8. The number of halogens is 8. The average Bonchev–Trinajstić information content (AvgIpc) is 2.91. The molecule has 0 fully saturated rings. The summed E-state index contributed by atoms with van der Waals surface area (Å²) in [5, 5.41) is 0. The second-order valence-electron chi connectivity index (χ2n) is 10.1. The molecule has 0 unspecified atom stereocenters. The lowest BCUT2D eigenvalue weighted by Crippen LogP contribution is -2.01. The highest BCUT2D eigenvalue weighted by atomic mass is 19.4. The number of benzene rings is 4. The molecule has 220 valence electrons. The van der Waals surface area contributed by atoms with Gasteiger partial charge in [-0.05, 0) is 89.9 Å². The van der Waals surface area contributed by atoms with Crippen molar-refractivity contribution in [3.05, 3.63) is 124 Å². The molecular weight excluding hydrogens is 560 g/mol. The fourth-order valence-corrected chi connectivity index (χ4v) is 4.76. The van der Waals surface area contributed by atoms with Crippen molar-refractivity contribution in [3.8, 4) is 22.3 Å². The van der Waals surface area contributed by atoms with Gasteiger partial charge in [-0.15, -0.1) is 0 Å². The first-order chi connectivity index (χ1) is 19.9. The Kier molecular flexibility index (Phi) is 9.86. The molecular formula is C34H28F8. The molecule has 0 N–H and O–H groups in total. The molecule has 0 heterocycles. The van der Waals surface area contributed by atoms with Crippen LogP contribution >= 0.6 is 0 Å². The number of hydrogen-bond acceptors (Lipinski definition) is 0. The smallest absolute Gasteiger partial charge is 0.206 e. The van der Waals surface area contributed by atoms with E-state index in [4.69, 9.17) is 0 Å². The Morgan fingerprint density at radius 1 is 0.571 bits per heavy atom. The van der Waals surface area contributed by atoms with Crippen LogP contribution in [0.15, 0.2) is 72.8 Å². The lowest BCUT2D eigenvalue weighted by Gasteiger charge is -2.12. The zero-order chi connectivity index (χ0) is 30.4. The van der Waals surface area contributed by atoms with E-state index in [-0.39, 0.29) is 23.3 Å². The Morgan fingerprint density at radius 3 is 1.64 bits per heavy atom. The number of allylic oxidation sites excluding steroid dienone is 1. The maximum absolute atomic E-state index is 15.0. The van der Waals surface area contributed by atoms with Gasteiger partial charge in [0, 0.05) is 17.2 Å². The molecule has 0 aliphatic carbocycles. The van der Waals surface area contributed by atoms with Crippen LogP contribution in [0.4, 0.5) is 35.1 Å². The second kappa shape index (κ2) is 13.4. The Hall–Kier alpha value is -3.94. The Bertz CT molecular complexity index is 1520. The normalized spacial score (nSPS) is 11.9. The third-order valence-corrected chi connectivity index (χ3v) is 6.99. The van der Waals surface area contributed by atoms with Crippen LogP contribution in [0.2, 0.25) is 0 Å². The summed E-state index contributed by atoms with van der Waals surface area (Å²) in [5.41, 5.74) is 0.541. The van der Waals surface area contributed by atoms with Gasteiger partial charge in [-0.3, -0.25) is 0 Å². The molecule has 4 rings (SSSR count).